The highest BCUT2D eigenvalue weighted by atomic mass is 127. The van der Waals surface area contributed by atoms with Crippen molar-refractivity contribution in [3.63, 3.8) is 0 Å². The second kappa shape index (κ2) is 8.28. The lowest BCUT2D eigenvalue weighted by molar-refractivity contribution is 0.583. The third-order valence-corrected chi connectivity index (χ3v) is 6.15. The molecule has 0 saturated carbocycles. The van der Waals surface area contributed by atoms with Gasteiger partial charge in [0.2, 0.25) is 10.0 Å². The second-order valence-electron chi connectivity index (χ2n) is 5.77. The molecule has 134 valence electrons. The summed E-state index contributed by atoms with van der Waals surface area (Å²) < 4.78 is 28.0. The maximum Gasteiger partial charge on any atom is 0.240 e. The molecule has 2 N–H and O–H groups in total. The highest BCUT2D eigenvalue weighted by Crippen LogP contribution is 2.20. The van der Waals surface area contributed by atoms with Gasteiger partial charge in [-0.15, -0.1) is 5.10 Å². The Balaban J connectivity index is 1.51. The minimum atomic E-state index is -3.49. The first kappa shape index (κ1) is 18.3. The van der Waals surface area contributed by atoms with Crippen molar-refractivity contribution in [2.45, 2.75) is 17.7 Å². The Morgan fingerprint density at radius 1 is 1.12 bits per heavy atom. The zero-order valence-corrected chi connectivity index (χ0v) is 16.6. The van der Waals surface area contributed by atoms with E-state index in [1.165, 1.54) is 12.8 Å². The van der Waals surface area contributed by atoms with E-state index >= 15 is 0 Å². The van der Waals surface area contributed by atoms with Crippen molar-refractivity contribution in [1.29, 1.82) is 0 Å². The molecule has 25 heavy (non-hydrogen) atoms. The molecule has 0 aliphatic carbocycles. The number of hydrogen-bond donors (Lipinski definition) is 2. The van der Waals surface area contributed by atoms with Crippen LogP contribution >= 0.6 is 22.6 Å². The van der Waals surface area contributed by atoms with E-state index in [0.29, 0.717) is 12.4 Å². The zero-order chi connectivity index (χ0) is 17.7. The Labute approximate surface area is 161 Å². The van der Waals surface area contributed by atoms with Gasteiger partial charge in [0.1, 0.15) is 0 Å². The van der Waals surface area contributed by atoms with Gasteiger partial charge in [-0.25, -0.2) is 13.1 Å². The van der Waals surface area contributed by atoms with Crippen LogP contribution < -0.4 is 14.9 Å². The van der Waals surface area contributed by atoms with Crippen LogP contribution in [-0.4, -0.2) is 44.8 Å². The number of rotatable bonds is 7. The van der Waals surface area contributed by atoms with Crippen LogP contribution in [0.1, 0.15) is 12.8 Å². The van der Waals surface area contributed by atoms with E-state index in [1.807, 2.05) is 6.07 Å². The van der Waals surface area contributed by atoms with Crippen molar-refractivity contribution in [1.82, 2.24) is 14.9 Å². The SMILES string of the molecule is O=S(=O)(NCCNc1cc(N2CCCC2)cnn1)c1ccc(I)cc1. The molecule has 0 atom stereocenters. The molecule has 9 heteroatoms. The van der Waals surface area contributed by atoms with Gasteiger partial charge in [0.15, 0.2) is 5.82 Å². The average Bonchev–Trinajstić information content (AvgIpc) is 3.14. The molecule has 0 radical (unpaired) electrons. The second-order valence-corrected chi connectivity index (χ2v) is 8.78. The number of sulfonamides is 1. The van der Waals surface area contributed by atoms with Gasteiger partial charge < -0.3 is 10.2 Å². The van der Waals surface area contributed by atoms with Crippen LogP contribution in [0.3, 0.4) is 0 Å². The fourth-order valence-corrected chi connectivity index (χ4v) is 4.06. The topological polar surface area (TPSA) is 87.2 Å². The van der Waals surface area contributed by atoms with E-state index < -0.39 is 10.0 Å². The van der Waals surface area contributed by atoms with Crippen LogP contribution in [0.5, 0.6) is 0 Å². The lowest BCUT2D eigenvalue weighted by atomic mass is 10.4. The molecule has 1 aromatic carbocycles. The van der Waals surface area contributed by atoms with Gasteiger partial charge >= 0.3 is 0 Å². The monoisotopic (exact) mass is 473 g/mol. The van der Waals surface area contributed by atoms with E-state index in [0.717, 1.165) is 22.3 Å². The molecular formula is C16H20IN5O2S. The summed E-state index contributed by atoms with van der Waals surface area (Å²) in [6, 6.07) is 8.69. The number of hydrogen-bond acceptors (Lipinski definition) is 6. The maximum absolute atomic E-state index is 12.2. The van der Waals surface area contributed by atoms with Gasteiger partial charge in [0, 0.05) is 35.8 Å². The summed E-state index contributed by atoms with van der Waals surface area (Å²) >= 11 is 2.14. The van der Waals surface area contributed by atoms with E-state index in [9.17, 15) is 8.42 Å². The highest BCUT2D eigenvalue weighted by molar-refractivity contribution is 14.1. The number of aromatic nitrogens is 2. The maximum atomic E-state index is 12.2. The molecule has 0 amide bonds. The van der Waals surface area contributed by atoms with Gasteiger partial charge in [-0.05, 0) is 59.7 Å². The number of halogens is 1. The van der Waals surface area contributed by atoms with Crippen molar-refractivity contribution < 1.29 is 8.42 Å². The lowest BCUT2D eigenvalue weighted by Crippen LogP contribution is -2.29. The molecule has 7 nitrogen and oxygen atoms in total. The molecule has 1 saturated heterocycles. The predicted molar refractivity (Wildman–Crippen MR) is 106 cm³/mol. The summed E-state index contributed by atoms with van der Waals surface area (Å²) in [5.41, 5.74) is 1.05. The molecule has 1 fully saturated rings. The zero-order valence-electron chi connectivity index (χ0n) is 13.7. The molecule has 2 heterocycles. The van der Waals surface area contributed by atoms with Crippen LogP contribution in [0.25, 0.3) is 0 Å². The predicted octanol–water partition coefficient (Wildman–Crippen LogP) is 2.07. The molecule has 1 aliphatic rings. The van der Waals surface area contributed by atoms with Crippen molar-refractivity contribution in [3.8, 4) is 0 Å². The summed E-state index contributed by atoms with van der Waals surface area (Å²) in [7, 11) is -3.49. The Kier molecular flexibility index (Phi) is 6.07. The first-order valence-corrected chi connectivity index (χ1v) is 10.7. The van der Waals surface area contributed by atoms with Crippen LogP contribution in [-0.2, 0) is 10.0 Å². The van der Waals surface area contributed by atoms with Gasteiger partial charge in [0.05, 0.1) is 16.8 Å². The third-order valence-electron chi connectivity index (χ3n) is 3.96. The molecule has 1 aliphatic heterocycles. The minimum Gasteiger partial charge on any atom is -0.370 e. The minimum absolute atomic E-state index is 0.267. The molecule has 1 aromatic heterocycles. The Morgan fingerprint density at radius 2 is 1.84 bits per heavy atom. The highest BCUT2D eigenvalue weighted by Gasteiger charge is 2.14. The Morgan fingerprint density at radius 3 is 2.56 bits per heavy atom. The van der Waals surface area contributed by atoms with Crippen molar-refractivity contribution in [2.75, 3.05) is 36.4 Å². The van der Waals surface area contributed by atoms with E-state index in [4.69, 9.17) is 0 Å². The van der Waals surface area contributed by atoms with Gasteiger partial charge in [-0.3, -0.25) is 0 Å². The number of benzene rings is 1. The molecule has 0 unspecified atom stereocenters. The summed E-state index contributed by atoms with van der Waals surface area (Å²) in [6.07, 6.45) is 4.16. The Hall–Kier alpha value is -1.46. The quantitative estimate of drug-likeness (QED) is 0.473. The average molecular weight is 473 g/mol. The largest absolute Gasteiger partial charge is 0.370 e. The first-order valence-electron chi connectivity index (χ1n) is 8.11. The fourth-order valence-electron chi connectivity index (χ4n) is 2.66. The molecule has 0 bridgehead atoms. The molecule has 3 rings (SSSR count). The van der Waals surface area contributed by atoms with E-state index in [-0.39, 0.29) is 11.4 Å². The first-order chi connectivity index (χ1) is 12.0. The van der Waals surface area contributed by atoms with Gasteiger partial charge in [-0.1, -0.05) is 0 Å². The number of nitrogens with zero attached hydrogens (tertiary/aromatic N) is 3. The van der Waals surface area contributed by atoms with Crippen molar-refractivity contribution in [2.24, 2.45) is 0 Å². The smallest absolute Gasteiger partial charge is 0.240 e. The fraction of sp³-hybridized carbons (Fsp3) is 0.375. The van der Waals surface area contributed by atoms with Crippen LogP contribution in [0.15, 0.2) is 41.4 Å². The third kappa shape index (κ3) is 5.02. The van der Waals surface area contributed by atoms with Gasteiger partial charge in [-0.2, -0.15) is 5.10 Å². The summed E-state index contributed by atoms with van der Waals surface area (Å²) in [4.78, 5) is 2.54. The van der Waals surface area contributed by atoms with E-state index in [1.54, 1.807) is 30.5 Å². The standard InChI is InChI=1S/C16H20IN5O2S/c17-13-3-5-15(6-4-13)25(23,24)20-8-7-18-16-11-14(12-19-21-16)22-9-1-2-10-22/h3-6,11-12,20H,1-2,7-10H2,(H,18,21). The number of anilines is 2. The van der Waals surface area contributed by atoms with Crippen molar-refractivity contribution >= 4 is 44.1 Å². The molecule has 0 spiro atoms. The van der Waals surface area contributed by atoms with Gasteiger partial charge in [0.25, 0.3) is 0 Å². The lowest BCUT2D eigenvalue weighted by Gasteiger charge is -2.17. The Bertz CT molecular complexity index is 808. The summed E-state index contributed by atoms with van der Waals surface area (Å²) in [6.45, 7) is 2.79. The van der Waals surface area contributed by atoms with Crippen LogP contribution in [0, 0.1) is 3.57 Å². The van der Waals surface area contributed by atoms with Crippen LogP contribution in [0.2, 0.25) is 0 Å². The van der Waals surface area contributed by atoms with Crippen molar-refractivity contribution in [3.05, 3.63) is 40.1 Å². The normalized spacial score (nSPS) is 14.7. The molecule has 2 aromatic rings. The summed E-state index contributed by atoms with van der Waals surface area (Å²) in [5, 5.41) is 11.2. The number of nitrogens with one attached hydrogen (secondary N) is 2. The van der Waals surface area contributed by atoms with E-state index in [2.05, 4.69) is 47.7 Å². The van der Waals surface area contributed by atoms with Crippen LogP contribution in [0.4, 0.5) is 11.5 Å². The molecular weight excluding hydrogens is 453 g/mol. The summed E-state index contributed by atoms with van der Waals surface area (Å²) in [5.74, 6) is 0.651.